The summed E-state index contributed by atoms with van der Waals surface area (Å²) in [5.41, 5.74) is 0.766. The molecule has 17 heavy (non-hydrogen) atoms. The lowest BCUT2D eigenvalue weighted by atomic mass is 10.3. The maximum atomic E-state index is 5.94. The van der Waals surface area contributed by atoms with E-state index in [9.17, 15) is 0 Å². The first-order valence-electron chi connectivity index (χ1n) is 4.47. The van der Waals surface area contributed by atoms with Gasteiger partial charge >= 0.3 is 0 Å². The van der Waals surface area contributed by atoms with E-state index in [2.05, 4.69) is 15.3 Å². The summed E-state index contributed by atoms with van der Waals surface area (Å²) in [6.45, 7) is 0. The largest absolute Gasteiger partial charge is 0.339 e. The van der Waals surface area contributed by atoms with Gasteiger partial charge in [0.15, 0.2) is 11.0 Å². The van der Waals surface area contributed by atoms with Crippen molar-refractivity contribution in [1.29, 1.82) is 0 Å². The summed E-state index contributed by atoms with van der Waals surface area (Å²) in [4.78, 5) is 7.66. The van der Waals surface area contributed by atoms with E-state index in [1.54, 1.807) is 24.3 Å². The average molecular weight is 309 g/mol. The molecule has 1 aromatic heterocycles. The highest BCUT2D eigenvalue weighted by Crippen LogP contribution is 2.30. The minimum atomic E-state index is 0.0239. The van der Waals surface area contributed by atoms with Crippen LogP contribution in [0.25, 0.3) is 0 Å². The van der Waals surface area contributed by atoms with Gasteiger partial charge in [0.25, 0.3) is 0 Å². The van der Waals surface area contributed by atoms with Gasteiger partial charge in [0.05, 0.1) is 0 Å². The maximum absolute atomic E-state index is 5.94. The fraction of sp³-hybridized carbons (Fsp3) is 0. The first-order chi connectivity index (χ1) is 8.06. The molecule has 0 atom stereocenters. The fourth-order valence-corrected chi connectivity index (χ4v) is 1.79. The third-order valence-corrected chi connectivity index (χ3v) is 3.04. The molecule has 0 aliphatic heterocycles. The number of nitrogens with one attached hydrogen (secondary N) is 1. The third-order valence-electron chi connectivity index (χ3n) is 1.89. The van der Waals surface area contributed by atoms with E-state index in [0.717, 1.165) is 5.69 Å². The molecule has 2 aromatic rings. The summed E-state index contributed by atoms with van der Waals surface area (Å²) >= 11 is 23.2. The maximum Gasteiger partial charge on any atom is 0.225 e. The molecule has 0 radical (unpaired) electrons. The van der Waals surface area contributed by atoms with Gasteiger partial charge in [-0.25, -0.2) is 4.98 Å². The highest BCUT2D eigenvalue weighted by molar-refractivity contribution is 6.43. The van der Waals surface area contributed by atoms with Crippen molar-refractivity contribution in [3.63, 3.8) is 0 Å². The van der Waals surface area contributed by atoms with E-state index < -0.39 is 0 Å². The van der Waals surface area contributed by atoms with Crippen molar-refractivity contribution >= 4 is 57.9 Å². The molecule has 0 saturated carbocycles. The first-order valence-corrected chi connectivity index (χ1v) is 5.98. The number of anilines is 2. The zero-order valence-corrected chi connectivity index (χ0v) is 11.2. The Morgan fingerprint density at radius 2 is 1.53 bits per heavy atom. The van der Waals surface area contributed by atoms with Crippen LogP contribution in [0.1, 0.15) is 0 Å². The molecule has 0 saturated heterocycles. The van der Waals surface area contributed by atoms with Gasteiger partial charge in [0, 0.05) is 10.7 Å². The summed E-state index contributed by atoms with van der Waals surface area (Å²) in [6.07, 6.45) is 0. The van der Waals surface area contributed by atoms with Crippen LogP contribution in [-0.2, 0) is 0 Å². The van der Waals surface area contributed by atoms with Crippen molar-refractivity contribution in [2.75, 3.05) is 5.32 Å². The second kappa shape index (κ2) is 5.27. The SMILES string of the molecule is Clc1ccc(Nc2nc(Cl)nc(Cl)c2Cl)cc1. The zero-order chi connectivity index (χ0) is 12.4. The van der Waals surface area contributed by atoms with Crippen LogP contribution in [-0.4, -0.2) is 9.97 Å². The summed E-state index contributed by atoms with van der Waals surface area (Å²) < 4.78 is 0. The predicted octanol–water partition coefficient (Wildman–Crippen LogP) is 4.83. The van der Waals surface area contributed by atoms with E-state index >= 15 is 0 Å². The number of benzene rings is 1. The van der Waals surface area contributed by atoms with Gasteiger partial charge in [-0.1, -0.05) is 34.8 Å². The number of halogens is 4. The topological polar surface area (TPSA) is 37.8 Å². The Hall–Kier alpha value is -0.740. The monoisotopic (exact) mass is 307 g/mol. The molecule has 0 spiro atoms. The highest BCUT2D eigenvalue weighted by Gasteiger charge is 2.10. The molecular formula is C10H5Cl4N3. The standard InChI is InChI=1S/C10H5Cl4N3/c11-5-1-3-6(4-2-5)15-9-7(12)8(13)16-10(14)17-9/h1-4H,(H,15,16,17). The minimum Gasteiger partial charge on any atom is -0.339 e. The van der Waals surface area contributed by atoms with Crippen molar-refractivity contribution in [3.8, 4) is 0 Å². The molecule has 88 valence electrons. The molecule has 2 rings (SSSR count). The van der Waals surface area contributed by atoms with Crippen LogP contribution in [0.3, 0.4) is 0 Å². The summed E-state index contributed by atoms with van der Waals surface area (Å²) in [7, 11) is 0. The molecule has 0 fully saturated rings. The van der Waals surface area contributed by atoms with Crippen LogP contribution in [0.4, 0.5) is 11.5 Å². The second-order valence-corrected chi connectivity index (χ2v) is 4.59. The smallest absolute Gasteiger partial charge is 0.225 e. The lowest BCUT2D eigenvalue weighted by molar-refractivity contribution is 1.17. The molecule has 7 heteroatoms. The third kappa shape index (κ3) is 3.13. The molecule has 1 aromatic carbocycles. The number of aromatic nitrogens is 2. The Morgan fingerprint density at radius 3 is 2.18 bits per heavy atom. The molecule has 0 unspecified atom stereocenters. The number of hydrogen-bond donors (Lipinski definition) is 1. The minimum absolute atomic E-state index is 0.0239. The molecule has 1 heterocycles. The van der Waals surface area contributed by atoms with Crippen molar-refractivity contribution in [2.24, 2.45) is 0 Å². The number of rotatable bonds is 2. The quantitative estimate of drug-likeness (QED) is 0.637. The van der Waals surface area contributed by atoms with E-state index in [-0.39, 0.29) is 15.5 Å². The molecule has 0 aliphatic rings. The predicted molar refractivity (Wildman–Crippen MR) is 71.8 cm³/mol. The summed E-state index contributed by atoms with van der Waals surface area (Å²) in [5.74, 6) is 0.346. The van der Waals surface area contributed by atoms with Gasteiger partial charge in [-0.15, -0.1) is 0 Å². The van der Waals surface area contributed by atoms with Crippen LogP contribution in [0.5, 0.6) is 0 Å². The van der Waals surface area contributed by atoms with Gasteiger partial charge in [0.2, 0.25) is 5.28 Å². The van der Waals surface area contributed by atoms with Gasteiger partial charge < -0.3 is 5.32 Å². The van der Waals surface area contributed by atoms with Crippen LogP contribution in [0.2, 0.25) is 20.5 Å². The molecule has 3 nitrogen and oxygen atoms in total. The van der Waals surface area contributed by atoms with E-state index in [0.29, 0.717) is 10.8 Å². The lowest BCUT2D eigenvalue weighted by Gasteiger charge is -2.08. The van der Waals surface area contributed by atoms with Gasteiger partial charge in [0.1, 0.15) is 5.02 Å². The van der Waals surface area contributed by atoms with Crippen LogP contribution in [0.15, 0.2) is 24.3 Å². The van der Waals surface area contributed by atoms with Crippen molar-refractivity contribution in [1.82, 2.24) is 9.97 Å². The highest BCUT2D eigenvalue weighted by atomic mass is 35.5. The van der Waals surface area contributed by atoms with E-state index in [1.807, 2.05) is 0 Å². The van der Waals surface area contributed by atoms with Crippen LogP contribution < -0.4 is 5.32 Å². The number of hydrogen-bond acceptors (Lipinski definition) is 3. The number of nitrogens with zero attached hydrogens (tertiary/aromatic N) is 2. The van der Waals surface area contributed by atoms with Gasteiger partial charge in [-0.05, 0) is 35.9 Å². The summed E-state index contributed by atoms with van der Waals surface area (Å²) in [5, 5.41) is 3.95. The average Bonchev–Trinajstić information content (AvgIpc) is 2.28. The molecule has 0 bridgehead atoms. The lowest BCUT2D eigenvalue weighted by Crippen LogP contribution is -1.97. The first kappa shape index (κ1) is 12.7. The summed E-state index contributed by atoms with van der Waals surface area (Å²) in [6, 6.07) is 7.04. The normalized spacial score (nSPS) is 10.4. The second-order valence-electron chi connectivity index (χ2n) is 3.08. The van der Waals surface area contributed by atoms with Crippen molar-refractivity contribution in [3.05, 3.63) is 44.7 Å². The zero-order valence-electron chi connectivity index (χ0n) is 8.22. The van der Waals surface area contributed by atoms with Crippen LogP contribution >= 0.6 is 46.4 Å². The van der Waals surface area contributed by atoms with Crippen molar-refractivity contribution < 1.29 is 0 Å². The Balaban J connectivity index is 2.32. The van der Waals surface area contributed by atoms with E-state index in [4.69, 9.17) is 46.4 Å². The molecule has 0 amide bonds. The molecule has 0 aliphatic carbocycles. The van der Waals surface area contributed by atoms with Gasteiger partial charge in [-0.3, -0.25) is 0 Å². The Kier molecular flexibility index (Phi) is 3.94. The van der Waals surface area contributed by atoms with Gasteiger partial charge in [-0.2, -0.15) is 4.98 Å². The molecule has 1 N–H and O–H groups in total. The fourth-order valence-electron chi connectivity index (χ4n) is 1.15. The molecular weight excluding hydrogens is 304 g/mol. The van der Waals surface area contributed by atoms with E-state index in [1.165, 1.54) is 0 Å². The Morgan fingerprint density at radius 1 is 0.882 bits per heavy atom. The Bertz CT molecular complexity index is 542. The Labute approximate surface area is 118 Å². The van der Waals surface area contributed by atoms with Crippen LogP contribution in [0, 0.1) is 0 Å². The van der Waals surface area contributed by atoms with Crippen molar-refractivity contribution in [2.45, 2.75) is 0 Å².